The summed E-state index contributed by atoms with van der Waals surface area (Å²) in [6.45, 7) is 1.88. The van der Waals surface area contributed by atoms with Crippen molar-refractivity contribution in [2.45, 2.75) is 18.9 Å². The minimum atomic E-state index is -0.220. The number of rotatable bonds is 2. The van der Waals surface area contributed by atoms with Crippen molar-refractivity contribution >= 4 is 11.7 Å². The van der Waals surface area contributed by atoms with Gasteiger partial charge in [0, 0.05) is 17.8 Å². The molecule has 4 N–H and O–H groups in total. The van der Waals surface area contributed by atoms with Crippen LogP contribution in [0.25, 0.3) is 0 Å². The predicted molar refractivity (Wildman–Crippen MR) is 66.2 cm³/mol. The fourth-order valence-electron chi connectivity index (χ4n) is 1.90. The van der Waals surface area contributed by atoms with Gasteiger partial charge < -0.3 is 21.1 Å². The van der Waals surface area contributed by atoms with Gasteiger partial charge in [-0.3, -0.25) is 0 Å². The van der Waals surface area contributed by atoms with E-state index in [2.05, 4.69) is 16.0 Å². The molecule has 1 aliphatic heterocycles. The molecule has 1 heterocycles. The van der Waals surface area contributed by atoms with Gasteiger partial charge in [-0.1, -0.05) is 6.07 Å². The summed E-state index contributed by atoms with van der Waals surface area (Å²) in [4.78, 5) is 11.7. The summed E-state index contributed by atoms with van der Waals surface area (Å²) in [7, 11) is 0. The van der Waals surface area contributed by atoms with Crippen LogP contribution in [0.2, 0.25) is 0 Å². The Morgan fingerprint density at radius 2 is 2.12 bits per heavy atom. The number of hydrogen-bond acceptors (Lipinski definition) is 3. The van der Waals surface area contributed by atoms with Gasteiger partial charge in [0.25, 0.3) is 0 Å². The number of hydrogen-bond donors (Lipinski definition) is 4. The standard InChI is InChI=1S/C12H17N3O2/c16-11-3-1-2-10(8-11)15-12(17)14-9-4-6-13-7-5-9/h1-3,8-9,13,16H,4-7H2,(H2,14,15,17). The van der Waals surface area contributed by atoms with Crippen LogP contribution in [-0.4, -0.2) is 30.3 Å². The molecule has 0 unspecified atom stereocenters. The minimum absolute atomic E-state index is 0.143. The number of nitrogens with one attached hydrogen (secondary N) is 3. The highest BCUT2D eigenvalue weighted by Gasteiger charge is 2.15. The van der Waals surface area contributed by atoms with Crippen molar-refractivity contribution in [2.24, 2.45) is 0 Å². The number of amides is 2. The number of benzene rings is 1. The van der Waals surface area contributed by atoms with Crippen LogP contribution in [0.4, 0.5) is 10.5 Å². The minimum Gasteiger partial charge on any atom is -0.508 e. The molecule has 0 atom stereocenters. The van der Waals surface area contributed by atoms with E-state index in [0.29, 0.717) is 5.69 Å². The van der Waals surface area contributed by atoms with E-state index in [0.717, 1.165) is 25.9 Å². The Balaban J connectivity index is 1.84. The van der Waals surface area contributed by atoms with E-state index in [1.807, 2.05) is 0 Å². The molecule has 5 heteroatoms. The molecule has 0 aromatic heterocycles. The summed E-state index contributed by atoms with van der Waals surface area (Å²) >= 11 is 0. The highest BCUT2D eigenvalue weighted by Crippen LogP contribution is 2.15. The SMILES string of the molecule is O=C(Nc1cccc(O)c1)NC1CCNCC1. The molecule has 2 amide bonds. The number of aromatic hydroxyl groups is 1. The van der Waals surface area contributed by atoms with Gasteiger partial charge in [-0.25, -0.2) is 4.79 Å². The highest BCUT2D eigenvalue weighted by atomic mass is 16.3. The van der Waals surface area contributed by atoms with Gasteiger partial charge in [-0.2, -0.15) is 0 Å². The maximum atomic E-state index is 11.7. The van der Waals surface area contributed by atoms with Gasteiger partial charge in [0.1, 0.15) is 5.75 Å². The fraction of sp³-hybridized carbons (Fsp3) is 0.417. The third-order valence-corrected chi connectivity index (χ3v) is 2.78. The second kappa shape index (κ2) is 5.54. The predicted octanol–water partition coefficient (Wildman–Crippen LogP) is 1.27. The van der Waals surface area contributed by atoms with Crippen molar-refractivity contribution in [3.05, 3.63) is 24.3 Å². The molecular weight excluding hydrogens is 218 g/mol. The second-order valence-electron chi connectivity index (χ2n) is 4.17. The molecular formula is C12H17N3O2. The average Bonchev–Trinajstić information content (AvgIpc) is 2.30. The Labute approximate surface area is 100 Å². The van der Waals surface area contributed by atoms with Gasteiger partial charge in [-0.15, -0.1) is 0 Å². The molecule has 0 bridgehead atoms. The molecule has 1 aliphatic rings. The fourth-order valence-corrected chi connectivity index (χ4v) is 1.90. The Hall–Kier alpha value is -1.75. The first-order valence-electron chi connectivity index (χ1n) is 5.81. The van der Waals surface area contributed by atoms with Crippen molar-refractivity contribution in [3.63, 3.8) is 0 Å². The van der Waals surface area contributed by atoms with Gasteiger partial charge in [0.2, 0.25) is 0 Å². The van der Waals surface area contributed by atoms with Crippen molar-refractivity contribution in [2.75, 3.05) is 18.4 Å². The topological polar surface area (TPSA) is 73.4 Å². The number of urea groups is 1. The number of anilines is 1. The van der Waals surface area contributed by atoms with E-state index in [9.17, 15) is 9.90 Å². The summed E-state index contributed by atoms with van der Waals surface area (Å²) in [5.41, 5.74) is 0.594. The molecule has 0 aliphatic carbocycles. The molecule has 0 spiro atoms. The van der Waals surface area contributed by atoms with Gasteiger partial charge in [-0.05, 0) is 38.1 Å². The van der Waals surface area contributed by atoms with Crippen LogP contribution in [0, 0.1) is 0 Å². The van der Waals surface area contributed by atoms with E-state index in [-0.39, 0.29) is 17.8 Å². The molecule has 1 aromatic carbocycles. The van der Waals surface area contributed by atoms with Crippen molar-refractivity contribution < 1.29 is 9.90 Å². The van der Waals surface area contributed by atoms with Crippen LogP contribution in [0.5, 0.6) is 5.75 Å². The van der Waals surface area contributed by atoms with Crippen LogP contribution in [0.15, 0.2) is 24.3 Å². The summed E-state index contributed by atoms with van der Waals surface area (Å²) < 4.78 is 0. The summed E-state index contributed by atoms with van der Waals surface area (Å²) in [6, 6.07) is 6.52. The van der Waals surface area contributed by atoms with Crippen molar-refractivity contribution in [1.82, 2.24) is 10.6 Å². The third-order valence-electron chi connectivity index (χ3n) is 2.78. The number of carbonyl (C=O) groups is 1. The Morgan fingerprint density at radius 1 is 1.35 bits per heavy atom. The average molecular weight is 235 g/mol. The zero-order chi connectivity index (χ0) is 12.1. The van der Waals surface area contributed by atoms with Crippen molar-refractivity contribution in [1.29, 1.82) is 0 Å². The van der Waals surface area contributed by atoms with Gasteiger partial charge in [0.05, 0.1) is 0 Å². The van der Waals surface area contributed by atoms with Crippen molar-refractivity contribution in [3.8, 4) is 5.75 Å². The lowest BCUT2D eigenvalue weighted by molar-refractivity contribution is 0.245. The molecule has 17 heavy (non-hydrogen) atoms. The first kappa shape index (κ1) is 11.7. The normalized spacial score (nSPS) is 16.5. The molecule has 1 saturated heterocycles. The quantitative estimate of drug-likeness (QED) is 0.623. The lowest BCUT2D eigenvalue weighted by atomic mass is 10.1. The van der Waals surface area contributed by atoms with Crippen LogP contribution >= 0.6 is 0 Å². The molecule has 1 fully saturated rings. The van der Waals surface area contributed by atoms with Gasteiger partial charge >= 0.3 is 6.03 Å². The highest BCUT2D eigenvalue weighted by molar-refractivity contribution is 5.89. The smallest absolute Gasteiger partial charge is 0.319 e. The number of carbonyl (C=O) groups excluding carboxylic acids is 1. The second-order valence-corrected chi connectivity index (χ2v) is 4.17. The lowest BCUT2D eigenvalue weighted by Crippen LogP contribution is -2.44. The maximum Gasteiger partial charge on any atom is 0.319 e. The monoisotopic (exact) mass is 235 g/mol. The molecule has 92 valence electrons. The molecule has 1 aromatic rings. The van der Waals surface area contributed by atoms with E-state index in [4.69, 9.17) is 0 Å². The Bertz CT molecular complexity index is 389. The summed E-state index contributed by atoms with van der Waals surface area (Å²) in [5, 5.41) is 18.1. The van der Waals surface area contributed by atoms with Gasteiger partial charge in [0.15, 0.2) is 0 Å². The molecule has 5 nitrogen and oxygen atoms in total. The first-order chi connectivity index (χ1) is 8.24. The summed E-state index contributed by atoms with van der Waals surface area (Å²) in [6.07, 6.45) is 1.90. The molecule has 0 saturated carbocycles. The van der Waals surface area contributed by atoms with Crippen LogP contribution < -0.4 is 16.0 Å². The number of piperidine rings is 1. The largest absolute Gasteiger partial charge is 0.508 e. The number of phenols is 1. The van der Waals surface area contributed by atoms with E-state index >= 15 is 0 Å². The summed E-state index contributed by atoms with van der Waals surface area (Å²) in [5.74, 6) is 0.143. The Kier molecular flexibility index (Phi) is 3.82. The van der Waals surface area contributed by atoms with E-state index in [1.165, 1.54) is 6.07 Å². The van der Waals surface area contributed by atoms with Crippen LogP contribution in [-0.2, 0) is 0 Å². The zero-order valence-corrected chi connectivity index (χ0v) is 9.57. The number of phenolic OH excluding ortho intramolecular Hbond substituents is 1. The Morgan fingerprint density at radius 3 is 2.82 bits per heavy atom. The first-order valence-corrected chi connectivity index (χ1v) is 5.81. The molecule has 0 radical (unpaired) electrons. The third kappa shape index (κ3) is 3.64. The molecule has 2 rings (SSSR count). The lowest BCUT2D eigenvalue weighted by Gasteiger charge is -2.23. The van der Waals surface area contributed by atoms with E-state index < -0.39 is 0 Å². The van der Waals surface area contributed by atoms with Crippen LogP contribution in [0.1, 0.15) is 12.8 Å². The maximum absolute atomic E-state index is 11.7. The van der Waals surface area contributed by atoms with Crippen LogP contribution in [0.3, 0.4) is 0 Å². The van der Waals surface area contributed by atoms with E-state index in [1.54, 1.807) is 18.2 Å². The zero-order valence-electron chi connectivity index (χ0n) is 9.57.